The number of ether oxygens (including phenoxy) is 1. The van der Waals surface area contributed by atoms with Crippen LogP contribution in [0.1, 0.15) is 47.0 Å². The summed E-state index contributed by atoms with van der Waals surface area (Å²) in [4.78, 5) is 13.7. The van der Waals surface area contributed by atoms with Crippen molar-refractivity contribution in [1.82, 2.24) is 10.2 Å². The number of likely N-dealkylation sites (N-methyl/N-ethyl adjacent to an activating group) is 1. The zero-order chi connectivity index (χ0) is 14.5. The highest BCUT2D eigenvalue weighted by Gasteiger charge is 2.32. The van der Waals surface area contributed by atoms with Crippen LogP contribution in [-0.4, -0.2) is 53.5 Å². The number of nitrogens with zero attached hydrogens (tertiary/aromatic N) is 1. The third-order valence-electron chi connectivity index (χ3n) is 3.27. The Morgan fingerprint density at radius 2 is 2.05 bits per heavy atom. The minimum atomic E-state index is -0.702. The van der Waals surface area contributed by atoms with Crippen molar-refractivity contribution in [2.45, 2.75) is 58.2 Å². The van der Waals surface area contributed by atoms with Crippen molar-refractivity contribution < 1.29 is 14.6 Å². The molecule has 1 saturated heterocycles. The van der Waals surface area contributed by atoms with Gasteiger partial charge in [-0.2, -0.15) is 0 Å². The fourth-order valence-corrected chi connectivity index (χ4v) is 2.22. The average Bonchev–Trinajstić information content (AvgIpc) is 2.47. The molecule has 0 radical (unpaired) electrons. The highest BCUT2D eigenvalue weighted by atomic mass is 16.6. The number of amides is 1. The van der Waals surface area contributed by atoms with Gasteiger partial charge in [-0.25, -0.2) is 4.79 Å². The highest BCUT2D eigenvalue weighted by molar-refractivity contribution is 5.68. The van der Waals surface area contributed by atoms with Crippen molar-refractivity contribution >= 4 is 6.09 Å². The van der Waals surface area contributed by atoms with Gasteiger partial charge < -0.3 is 20.1 Å². The van der Waals surface area contributed by atoms with Crippen LogP contribution in [0.5, 0.6) is 0 Å². The van der Waals surface area contributed by atoms with Crippen LogP contribution in [0.25, 0.3) is 0 Å². The van der Waals surface area contributed by atoms with Crippen molar-refractivity contribution in [2.75, 3.05) is 26.2 Å². The quantitative estimate of drug-likeness (QED) is 0.821. The molecule has 0 saturated carbocycles. The first-order chi connectivity index (χ1) is 8.76. The summed E-state index contributed by atoms with van der Waals surface area (Å²) in [5.41, 5.74) is -1.17. The van der Waals surface area contributed by atoms with Crippen LogP contribution in [-0.2, 0) is 4.74 Å². The van der Waals surface area contributed by atoms with Gasteiger partial charge in [0.2, 0.25) is 0 Å². The molecule has 2 N–H and O–H groups in total. The molecule has 1 rings (SSSR count). The van der Waals surface area contributed by atoms with E-state index in [0.717, 1.165) is 19.4 Å². The summed E-state index contributed by atoms with van der Waals surface area (Å²) < 4.78 is 5.37. The highest BCUT2D eigenvalue weighted by Crippen LogP contribution is 2.23. The summed E-state index contributed by atoms with van der Waals surface area (Å²) in [5, 5.41) is 13.7. The first-order valence-electron chi connectivity index (χ1n) is 7.17. The molecule has 1 atom stereocenters. The largest absolute Gasteiger partial charge is 0.444 e. The Morgan fingerprint density at radius 3 is 2.63 bits per heavy atom. The summed E-state index contributed by atoms with van der Waals surface area (Å²) in [7, 11) is 0. The number of rotatable bonds is 3. The Balaban J connectivity index is 2.51. The average molecular weight is 272 g/mol. The molecule has 1 unspecified atom stereocenters. The monoisotopic (exact) mass is 272 g/mol. The molecule has 1 heterocycles. The Kier molecular flexibility index (Phi) is 5.62. The van der Waals surface area contributed by atoms with Crippen molar-refractivity contribution in [2.24, 2.45) is 0 Å². The Morgan fingerprint density at radius 1 is 1.37 bits per heavy atom. The predicted octanol–water partition coefficient (Wildman–Crippen LogP) is 1.75. The number of nitrogens with one attached hydrogen (secondary N) is 1. The zero-order valence-corrected chi connectivity index (χ0v) is 12.7. The van der Waals surface area contributed by atoms with E-state index in [4.69, 9.17) is 4.74 Å². The molecular formula is C14H28N2O3. The van der Waals surface area contributed by atoms with E-state index in [-0.39, 0.29) is 6.09 Å². The van der Waals surface area contributed by atoms with Gasteiger partial charge in [-0.1, -0.05) is 6.92 Å². The van der Waals surface area contributed by atoms with Crippen LogP contribution < -0.4 is 5.32 Å². The van der Waals surface area contributed by atoms with E-state index in [9.17, 15) is 9.90 Å². The third kappa shape index (κ3) is 5.78. The van der Waals surface area contributed by atoms with Crippen LogP contribution >= 0.6 is 0 Å². The summed E-state index contributed by atoms with van der Waals surface area (Å²) in [6, 6.07) is 0. The number of aliphatic hydroxyl groups is 1. The second-order valence-electron chi connectivity index (χ2n) is 6.33. The smallest absolute Gasteiger partial charge is 0.410 e. The van der Waals surface area contributed by atoms with Gasteiger partial charge in [0.15, 0.2) is 0 Å². The van der Waals surface area contributed by atoms with Crippen LogP contribution in [0.4, 0.5) is 4.79 Å². The van der Waals surface area contributed by atoms with Gasteiger partial charge in [-0.05, 0) is 46.6 Å². The third-order valence-corrected chi connectivity index (χ3v) is 3.27. The van der Waals surface area contributed by atoms with E-state index in [2.05, 4.69) is 5.32 Å². The fraction of sp³-hybridized carbons (Fsp3) is 0.929. The summed E-state index contributed by atoms with van der Waals surface area (Å²) >= 11 is 0. The molecule has 0 aromatic heterocycles. The van der Waals surface area contributed by atoms with E-state index in [1.54, 1.807) is 4.90 Å². The standard InChI is InChI=1S/C14H28N2O3/c1-5-15-11-14(18)7-6-9-16(10-8-14)12(17)19-13(2,3)4/h15,18H,5-11H2,1-4H3. The minimum absolute atomic E-state index is 0.278. The Bertz CT molecular complexity index is 302. The first-order valence-corrected chi connectivity index (χ1v) is 7.17. The van der Waals surface area contributed by atoms with Gasteiger partial charge in [0.05, 0.1) is 5.60 Å². The molecule has 1 aliphatic heterocycles. The molecule has 112 valence electrons. The van der Waals surface area contributed by atoms with Crippen molar-refractivity contribution in [3.05, 3.63) is 0 Å². The number of carbonyl (C=O) groups excluding carboxylic acids is 1. The minimum Gasteiger partial charge on any atom is -0.444 e. The molecule has 1 aliphatic rings. The molecule has 0 bridgehead atoms. The lowest BCUT2D eigenvalue weighted by molar-refractivity contribution is 0.0157. The van der Waals surface area contributed by atoms with Gasteiger partial charge in [-0.15, -0.1) is 0 Å². The van der Waals surface area contributed by atoms with Gasteiger partial charge in [0.1, 0.15) is 5.60 Å². The molecule has 1 fully saturated rings. The molecule has 5 heteroatoms. The Hall–Kier alpha value is -0.810. The van der Waals surface area contributed by atoms with Crippen LogP contribution in [0.15, 0.2) is 0 Å². The molecule has 0 aromatic rings. The summed E-state index contributed by atoms with van der Waals surface area (Å²) in [6.07, 6.45) is 1.85. The molecule has 5 nitrogen and oxygen atoms in total. The van der Waals surface area contributed by atoms with E-state index in [1.807, 2.05) is 27.7 Å². The molecule has 0 aromatic carbocycles. The zero-order valence-electron chi connectivity index (χ0n) is 12.7. The van der Waals surface area contributed by atoms with E-state index in [0.29, 0.717) is 26.1 Å². The lowest BCUT2D eigenvalue weighted by Gasteiger charge is -2.28. The van der Waals surface area contributed by atoms with E-state index in [1.165, 1.54) is 0 Å². The fourth-order valence-electron chi connectivity index (χ4n) is 2.22. The molecule has 0 spiro atoms. The number of hydrogen-bond acceptors (Lipinski definition) is 4. The van der Waals surface area contributed by atoms with Gasteiger partial charge >= 0.3 is 6.09 Å². The molecule has 19 heavy (non-hydrogen) atoms. The van der Waals surface area contributed by atoms with Gasteiger partial charge in [0.25, 0.3) is 0 Å². The summed E-state index contributed by atoms with van der Waals surface area (Å²) in [6.45, 7) is 10.3. The van der Waals surface area contributed by atoms with Gasteiger partial charge in [0, 0.05) is 19.6 Å². The maximum absolute atomic E-state index is 12.0. The van der Waals surface area contributed by atoms with Crippen molar-refractivity contribution in [3.8, 4) is 0 Å². The predicted molar refractivity (Wildman–Crippen MR) is 75.2 cm³/mol. The normalized spacial score (nSPS) is 25.0. The molecule has 1 amide bonds. The van der Waals surface area contributed by atoms with Crippen molar-refractivity contribution in [1.29, 1.82) is 0 Å². The number of carbonyl (C=O) groups is 1. The van der Waals surface area contributed by atoms with E-state index < -0.39 is 11.2 Å². The SMILES string of the molecule is CCNCC1(O)CCCN(C(=O)OC(C)(C)C)CC1. The van der Waals surface area contributed by atoms with Crippen LogP contribution in [0, 0.1) is 0 Å². The topological polar surface area (TPSA) is 61.8 Å². The van der Waals surface area contributed by atoms with Crippen LogP contribution in [0.2, 0.25) is 0 Å². The Labute approximate surface area is 116 Å². The maximum Gasteiger partial charge on any atom is 0.410 e. The second kappa shape index (κ2) is 6.57. The van der Waals surface area contributed by atoms with Crippen molar-refractivity contribution in [3.63, 3.8) is 0 Å². The summed E-state index contributed by atoms with van der Waals surface area (Å²) in [5.74, 6) is 0. The van der Waals surface area contributed by atoms with Gasteiger partial charge in [-0.3, -0.25) is 0 Å². The number of hydrogen-bond donors (Lipinski definition) is 2. The van der Waals surface area contributed by atoms with E-state index >= 15 is 0 Å². The number of likely N-dealkylation sites (tertiary alicyclic amines) is 1. The molecular weight excluding hydrogens is 244 g/mol. The molecule has 0 aliphatic carbocycles. The van der Waals surface area contributed by atoms with Crippen LogP contribution in [0.3, 0.4) is 0 Å². The maximum atomic E-state index is 12.0. The second-order valence-corrected chi connectivity index (χ2v) is 6.33. The lowest BCUT2D eigenvalue weighted by atomic mass is 9.95. The first kappa shape index (κ1) is 16.2. The lowest BCUT2D eigenvalue weighted by Crippen LogP contribution is -2.42.